The molecule has 1 nitrogen and oxygen atoms in total. The van der Waals surface area contributed by atoms with Crippen LogP contribution < -0.4 is 5.32 Å². The highest BCUT2D eigenvalue weighted by atomic mass is 35.5. The second-order valence-corrected chi connectivity index (χ2v) is 5.39. The number of hydrogen-bond donors (Lipinski definition) is 1. The van der Waals surface area contributed by atoms with E-state index in [1.807, 2.05) is 6.07 Å². The first kappa shape index (κ1) is 9.68. The van der Waals surface area contributed by atoms with Gasteiger partial charge in [0.05, 0.1) is 0 Å². The number of halogens is 1. The van der Waals surface area contributed by atoms with E-state index in [0.717, 1.165) is 11.6 Å². The average Bonchev–Trinajstić information content (AvgIpc) is 2.61. The van der Waals surface area contributed by atoms with Gasteiger partial charge in [0, 0.05) is 24.0 Å². The van der Waals surface area contributed by atoms with Crippen molar-refractivity contribution in [1.82, 2.24) is 5.32 Å². The lowest BCUT2D eigenvalue weighted by Gasteiger charge is -2.43. The van der Waals surface area contributed by atoms with Crippen molar-refractivity contribution in [1.29, 1.82) is 0 Å². The summed E-state index contributed by atoms with van der Waals surface area (Å²) in [6.45, 7) is 2.32. The van der Waals surface area contributed by atoms with Crippen LogP contribution in [0.5, 0.6) is 0 Å². The summed E-state index contributed by atoms with van der Waals surface area (Å²) in [4.78, 5) is 0. The van der Waals surface area contributed by atoms with Gasteiger partial charge >= 0.3 is 0 Å². The molecule has 1 aromatic rings. The van der Waals surface area contributed by atoms with Crippen LogP contribution in [0.25, 0.3) is 0 Å². The van der Waals surface area contributed by atoms with Gasteiger partial charge in [0.2, 0.25) is 0 Å². The Morgan fingerprint density at radius 1 is 1.33 bits per heavy atom. The molecule has 1 aromatic carbocycles. The van der Waals surface area contributed by atoms with E-state index < -0.39 is 0 Å². The van der Waals surface area contributed by atoms with Crippen LogP contribution in [0.1, 0.15) is 30.7 Å². The number of benzene rings is 1. The number of nitrogens with one attached hydrogen (secondary N) is 1. The van der Waals surface area contributed by atoms with Gasteiger partial charge in [-0.15, -0.1) is 0 Å². The third-order valence-electron chi connectivity index (χ3n) is 4.17. The highest BCUT2D eigenvalue weighted by Gasteiger charge is 2.47. The van der Waals surface area contributed by atoms with Gasteiger partial charge in [-0.05, 0) is 36.0 Å². The summed E-state index contributed by atoms with van der Waals surface area (Å²) in [5.41, 5.74) is 1.98. The largest absolute Gasteiger partial charge is 0.316 e. The van der Waals surface area contributed by atoms with E-state index in [1.165, 1.54) is 31.4 Å². The van der Waals surface area contributed by atoms with Crippen LogP contribution in [0.15, 0.2) is 24.3 Å². The highest BCUT2D eigenvalue weighted by Crippen LogP contribution is 2.53. The van der Waals surface area contributed by atoms with E-state index >= 15 is 0 Å². The minimum atomic E-state index is 0.560. The zero-order valence-corrected chi connectivity index (χ0v) is 9.56. The lowest BCUT2D eigenvalue weighted by atomic mass is 9.61. The molecule has 1 saturated heterocycles. The van der Waals surface area contributed by atoms with Gasteiger partial charge in [-0.2, -0.15) is 0 Å². The summed E-state index contributed by atoms with van der Waals surface area (Å²) in [6, 6.07) is 8.39. The summed E-state index contributed by atoms with van der Waals surface area (Å²) < 4.78 is 0. The van der Waals surface area contributed by atoms with Crippen LogP contribution in [0.3, 0.4) is 0 Å². The molecule has 0 radical (unpaired) electrons. The van der Waals surface area contributed by atoms with Gasteiger partial charge in [-0.3, -0.25) is 0 Å². The molecule has 2 aliphatic rings. The summed E-state index contributed by atoms with van der Waals surface area (Å²) in [7, 11) is 0. The second-order valence-electron chi connectivity index (χ2n) is 4.95. The van der Waals surface area contributed by atoms with Crippen molar-refractivity contribution < 1.29 is 0 Å². The Morgan fingerprint density at radius 3 is 2.87 bits per heavy atom. The quantitative estimate of drug-likeness (QED) is 0.768. The van der Waals surface area contributed by atoms with Gasteiger partial charge in [-0.1, -0.05) is 30.2 Å². The molecule has 3 rings (SSSR count). The smallest absolute Gasteiger partial charge is 0.0408 e. The maximum Gasteiger partial charge on any atom is 0.0408 e. The maximum absolute atomic E-state index is 6.06. The van der Waals surface area contributed by atoms with E-state index in [0.29, 0.717) is 11.3 Å². The van der Waals surface area contributed by atoms with Crippen LogP contribution in [0.4, 0.5) is 0 Å². The summed E-state index contributed by atoms with van der Waals surface area (Å²) in [5, 5.41) is 4.41. The third-order valence-corrected chi connectivity index (χ3v) is 4.40. The first-order valence-electron chi connectivity index (χ1n) is 5.76. The first-order chi connectivity index (χ1) is 7.30. The number of rotatable bonds is 1. The Balaban J connectivity index is 1.93. The van der Waals surface area contributed by atoms with E-state index in [9.17, 15) is 0 Å². The Bertz CT molecular complexity index is 371. The van der Waals surface area contributed by atoms with E-state index in [2.05, 4.69) is 23.5 Å². The summed E-state index contributed by atoms with van der Waals surface area (Å²) >= 11 is 6.06. The SMILES string of the molecule is Clc1cccc(C2CNCC23CCC3)c1. The normalized spacial score (nSPS) is 27.9. The van der Waals surface area contributed by atoms with Crippen LogP contribution in [-0.4, -0.2) is 13.1 Å². The van der Waals surface area contributed by atoms with Crippen LogP contribution in [0.2, 0.25) is 5.02 Å². The fourth-order valence-corrected chi connectivity index (χ4v) is 3.35. The molecule has 1 saturated carbocycles. The molecule has 1 aliphatic heterocycles. The first-order valence-corrected chi connectivity index (χ1v) is 6.14. The molecule has 0 amide bonds. The molecular formula is C13H16ClN. The molecule has 1 aliphatic carbocycles. The Kier molecular flexibility index (Phi) is 2.26. The molecule has 80 valence electrons. The lowest BCUT2D eigenvalue weighted by Crippen LogP contribution is -2.36. The average molecular weight is 222 g/mol. The standard InChI is InChI=1S/C13H16ClN/c14-11-4-1-3-10(7-11)12-8-15-9-13(12)5-2-6-13/h1,3-4,7,12,15H,2,5-6,8-9H2. The van der Waals surface area contributed by atoms with Crippen molar-refractivity contribution in [2.45, 2.75) is 25.2 Å². The van der Waals surface area contributed by atoms with Crippen LogP contribution in [-0.2, 0) is 0 Å². The van der Waals surface area contributed by atoms with Gasteiger partial charge in [0.25, 0.3) is 0 Å². The summed E-state index contributed by atoms with van der Waals surface area (Å²) in [6.07, 6.45) is 4.17. The fraction of sp³-hybridized carbons (Fsp3) is 0.538. The molecule has 1 spiro atoms. The Labute approximate surface area is 95.8 Å². The minimum Gasteiger partial charge on any atom is -0.316 e. The molecule has 1 N–H and O–H groups in total. The topological polar surface area (TPSA) is 12.0 Å². The molecule has 1 heterocycles. The van der Waals surface area contributed by atoms with Crippen molar-refractivity contribution >= 4 is 11.6 Å². The zero-order valence-electron chi connectivity index (χ0n) is 8.80. The van der Waals surface area contributed by atoms with E-state index in [-0.39, 0.29) is 0 Å². The molecule has 1 atom stereocenters. The molecule has 0 bridgehead atoms. The predicted octanol–water partition coefficient (Wildman–Crippen LogP) is 3.20. The fourth-order valence-electron chi connectivity index (χ4n) is 3.16. The zero-order chi connectivity index (χ0) is 10.3. The molecule has 15 heavy (non-hydrogen) atoms. The lowest BCUT2D eigenvalue weighted by molar-refractivity contribution is 0.137. The molecule has 0 aromatic heterocycles. The molecule has 2 fully saturated rings. The van der Waals surface area contributed by atoms with Crippen molar-refractivity contribution in [3.05, 3.63) is 34.9 Å². The predicted molar refractivity (Wildman–Crippen MR) is 63.3 cm³/mol. The van der Waals surface area contributed by atoms with Crippen LogP contribution in [0, 0.1) is 5.41 Å². The Morgan fingerprint density at radius 2 is 2.20 bits per heavy atom. The molecule has 2 heteroatoms. The third kappa shape index (κ3) is 1.49. The van der Waals surface area contributed by atoms with Gasteiger partial charge in [0.15, 0.2) is 0 Å². The van der Waals surface area contributed by atoms with E-state index in [1.54, 1.807) is 0 Å². The maximum atomic E-state index is 6.06. The second kappa shape index (κ2) is 3.50. The van der Waals surface area contributed by atoms with Crippen molar-refractivity contribution in [3.8, 4) is 0 Å². The van der Waals surface area contributed by atoms with Crippen molar-refractivity contribution in [2.24, 2.45) is 5.41 Å². The van der Waals surface area contributed by atoms with E-state index in [4.69, 9.17) is 11.6 Å². The van der Waals surface area contributed by atoms with Gasteiger partial charge in [0.1, 0.15) is 0 Å². The minimum absolute atomic E-state index is 0.560. The molecular weight excluding hydrogens is 206 g/mol. The Hall–Kier alpha value is -0.530. The molecule has 1 unspecified atom stereocenters. The van der Waals surface area contributed by atoms with Gasteiger partial charge < -0.3 is 5.32 Å². The monoisotopic (exact) mass is 221 g/mol. The number of hydrogen-bond acceptors (Lipinski definition) is 1. The highest BCUT2D eigenvalue weighted by molar-refractivity contribution is 6.30. The van der Waals surface area contributed by atoms with Crippen LogP contribution >= 0.6 is 11.6 Å². The van der Waals surface area contributed by atoms with Crippen molar-refractivity contribution in [3.63, 3.8) is 0 Å². The van der Waals surface area contributed by atoms with Gasteiger partial charge in [-0.25, -0.2) is 0 Å². The van der Waals surface area contributed by atoms with Crippen molar-refractivity contribution in [2.75, 3.05) is 13.1 Å². The summed E-state index contributed by atoms with van der Waals surface area (Å²) in [5.74, 6) is 0.685.